The highest BCUT2D eigenvalue weighted by Crippen LogP contribution is 2.12. The van der Waals surface area contributed by atoms with Crippen LogP contribution in [0.5, 0.6) is 0 Å². The Morgan fingerprint density at radius 2 is 2.47 bits per heavy atom. The number of esters is 1. The summed E-state index contributed by atoms with van der Waals surface area (Å²) in [6, 6.07) is 0.770. The molecule has 0 fully saturated rings. The molecule has 0 aromatic carbocycles. The first kappa shape index (κ1) is 14.0. The van der Waals surface area contributed by atoms with Crippen molar-refractivity contribution in [1.29, 1.82) is 0 Å². The summed E-state index contributed by atoms with van der Waals surface area (Å²) in [7, 11) is 1.30. The van der Waals surface area contributed by atoms with Gasteiger partial charge in [-0.1, -0.05) is 11.3 Å². The van der Waals surface area contributed by atoms with Crippen LogP contribution in [-0.4, -0.2) is 39.5 Å². The van der Waals surface area contributed by atoms with Gasteiger partial charge in [-0.25, -0.2) is 4.98 Å². The zero-order chi connectivity index (χ0) is 13.8. The number of nitrogens with two attached hydrogens (primary N) is 1. The van der Waals surface area contributed by atoms with E-state index in [1.807, 2.05) is 0 Å². The van der Waals surface area contributed by atoms with Crippen LogP contribution >= 0.6 is 23.1 Å². The van der Waals surface area contributed by atoms with E-state index in [0.29, 0.717) is 22.2 Å². The van der Waals surface area contributed by atoms with E-state index in [4.69, 9.17) is 5.73 Å². The van der Waals surface area contributed by atoms with Crippen molar-refractivity contribution in [2.75, 3.05) is 12.9 Å². The second-order valence-corrected chi connectivity index (χ2v) is 5.51. The molecule has 102 valence electrons. The maximum Gasteiger partial charge on any atom is 0.323 e. The monoisotopic (exact) mass is 300 g/mol. The van der Waals surface area contributed by atoms with Gasteiger partial charge in [0.05, 0.1) is 12.8 Å². The van der Waals surface area contributed by atoms with Gasteiger partial charge in [0.1, 0.15) is 11.6 Å². The van der Waals surface area contributed by atoms with Gasteiger partial charge in [0, 0.05) is 17.6 Å². The molecule has 0 bridgehead atoms. The number of aromatic nitrogens is 3. The molecule has 2 heterocycles. The number of carbonyl (C=O) groups excluding carboxylic acids is 1. The fourth-order valence-corrected chi connectivity index (χ4v) is 2.89. The molecule has 2 rings (SSSR count). The lowest BCUT2D eigenvalue weighted by atomic mass is 10.4. The van der Waals surface area contributed by atoms with Gasteiger partial charge in [0.2, 0.25) is 4.96 Å². The molecule has 0 amide bonds. The Bertz CT molecular complexity index is 639. The Hall–Kier alpha value is -1.45. The zero-order valence-electron chi connectivity index (χ0n) is 10.1. The Morgan fingerprint density at radius 3 is 3.21 bits per heavy atom. The quantitative estimate of drug-likeness (QED) is 0.769. The van der Waals surface area contributed by atoms with Crippen molar-refractivity contribution in [3.63, 3.8) is 0 Å². The number of rotatable bonds is 5. The van der Waals surface area contributed by atoms with Crippen molar-refractivity contribution in [3.8, 4) is 0 Å². The van der Waals surface area contributed by atoms with E-state index in [1.165, 1.54) is 40.8 Å². The third-order valence-corrected chi connectivity index (χ3v) is 4.06. The number of thioether (sulfide) groups is 1. The van der Waals surface area contributed by atoms with Gasteiger partial charge >= 0.3 is 5.97 Å². The van der Waals surface area contributed by atoms with Crippen LogP contribution in [0.4, 0.5) is 0 Å². The van der Waals surface area contributed by atoms with Crippen molar-refractivity contribution in [1.82, 2.24) is 14.6 Å². The first-order valence-electron chi connectivity index (χ1n) is 5.35. The van der Waals surface area contributed by atoms with Crippen LogP contribution < -0.4 is 11.3 Å². The van der Waals surface area contributed by atoms with E-state index in [9.17, 15) is 9.59 Å². The number of nitrogens with zero attached hydrogens (tertiary/aromatic N) is 3. The predicted octanol–water partition coefficient (Wildman–Crippen LogP) is -0.115. The largest absolute Gasteiger partial charge is 0.468 e. The van der Waals surface area contributed by atoms with Gasteiger partial charge in [-0.05, 0) is 0 Å². The smallest absolute Gasteiger partial charge is 0.323 e. The minimum absolute atomic E-state index is 0.209. The molecule has 0 aliphatic heterocycles. The molecular formula is C10H12N4O3S2. The Kier molecular flexibility index (Phi) is 4.51. The van der Waals surface area contributed by atoms with Crippen LogP contribution in [0.3, 0.4) is 0 Å². The van der Waals surface area contributed by atoms with Crippen LogP contribution in [0.15, 0.2) is 16.4 Å². The van der Waals surface area contributed by atoms with Gasteiger partial charge in [-0.3, -0.25) is 9.59 Å². The highest BCUT2D eigenvalue weighted by molar-refractivity contribution is 7.98. The van der Waals surface area contributed by atoms with Crippen molar-refractivity contribution in [3.05, 3.63) is 27.6 Å². The topological polar surface area (TPSA) is 99.6 Å². The van der Waals surface area contributed by atoms with Gasteiger partial charge in [-0.2, -0.15) is 21.4 Å². The first-order chi connectivity index (χ1) is 9.11. The van der Waals surface area contributed by atoms with Crippen LogP contribution in [0.25, 0.3) is 4.96 Å². The first-order valence-corrected chi connectivity index (χ1v) is 7.39. The number of hydrogen-bond acceptors (Lipinski definition) is 8. The Balaban J connectivity index is 1.98. The molecule has 0 aliphatic rings. The summed E-state index contributed by atoms with van der Waals surface area (Å²) in [4.78, 5) is 27.6. The van der Waals surface area contributed by atoms with E-state index in [0.717, 1.165) is 0 Å². The maximum absolute atomic E-state index is 11.7. The summed E-state index contributed by atoms with van der Waals surface area (Å²) < 4.78 is 5.78. The van der Waals surface area contributed by atoms with Gasteiger partial charge in [-0.15, -0.1) is 0 Å². The summed E-state index contributed by atoms with van der Waals surface area (Å²) in [5.74, 6) is 0.475. The van der Waals surface area contributed by atoms with Gasteiger partial charge < -0.3 is 10.5 Å². The molecule has 0 radical (unpaired) electrons. The average Bonchev–Trinajstić information content (AvgIpc) is 2.86. The summed E-state index contributed by atoms with van der Waals surface area (Å²) in [6.45, 7) is 0. The lowest BCUT2D eigenvalue weighted by Gasteiger charge is -2.08. The van der Waals surface area contributed by atoms with E-state index < -0.39 is 12.0 Å². The molecular weight excluding hydrogens is 288 g/mol. The molecule has 7 nitrogen and oxygen atoms in total. The minimum Gasteiger partial charge on any atom is -0.468 e. The summed E-state index contributed by atoms with van der Waals surface area (Å²) in [5, 5.41) is 3.87. The normalized spacial score (nSPS) is 12.5. The molecule has 0 saturated heterocycles. The highest BCUT2D eigenvalue weighted by Gasteiger charge is 2.13. The highest BCUT2D eigenvalue weighted by atomic mass is 32.2. The van der Waals surface area contributed by atoms with Gasteiger partial charge in [0.25, 0.3) is 5.56 Å². The van der Waals surface area contributed by atoms with Gasteiger partial charge in [0.15, 0.2) is 0 Å². The van der Waals surface area contributed by atoms with E-state index in [2.05, 4.69) is 14.8 Å². The molecule has 2 N–H and O–H groups in total. The van der Waals surface area contributed by atoms with Crippen molar-refractivity contribution in [2.24, 2.45) is 5.73 Å². The molecule has 1 atom stereocenters. The second-order valence-electron chi connectivity index (χ2n) is 3.66. The zero-order valence-corrected chi connectivity index (χ0v) is 11.7. The minimum atomic E-state index is -0.664. The van der Waals surface area contributed by atoms with Crippen LogP contribution in [-0.2, 0) is 15.3 Å². The molecule has 0 aliphatic carbocycles. The second kappa shape index (κ2) is 6.13. The van der Waals surface area contributed by atoms with Crippen molar-refractivity contribution >= 4 is 34.0 Å². The molecule has 2 aromatic heterocycles. The van der Waals surface area contributed by atoms with E-state index in [1.54, 1.807) is 5.51 Å². The van der Waals surface area contributed by atoms with E-state index >= 15 is 0 Å². The molecule has 9 heteroatoms. The third-order valence-electron chi connectivity index (χ3n) is 2.29. The standard InChI is InChI=1S/C10H12N4O3S2/c1-17-9(16)7(11)4-18-3-6-2-8(15)14-10(13-6)19-5-12-14/h2,5,7H,3-4,11H2,1H3. The van der Waals surface area contributed by atoms with Crippen LogP contribution in [0.1, 0.15) is 5.69 Å². The van der Waals surface area contributed by atoms with Crippen molar-refractivity contribution in [2.45, 2.75) is 11.8 Å². The molecule has 19 heavy (non-hydrogen) atoms. The SMILES string of the molecule is COC(=O)C(N)CSCc1cc(=O)n2ncsc2n1. The third kappa shape index (κ3) is 3.31. The predicted molar refractivity (Wildman–Crippen MR) is 73.3 cm³/mol. The molecule has 0 saturated carbocycles. The number of carbonyl (C=O) groups is 1. The summed E-state index contributed by atoms with van der Waals surface area (Å²) in [5.41, 5.74) is 7.61. The maximum atomic E-state index is 11.7. The fraction of sp³-hybridized carbons (Fsp3) is 0.400. The Labute approximate surface area is 116 Å². The van der Waals surface area contributed by atoms with Crippen molar-refractivity contribution < 1.29 is 9.53 Å². The fourth-order valence-electron chi connectivity index (χ4n) is 1.38. The number of ether oxygens (including phenoxy) is 1. The number of fused-ring (bicyclic) bond motifs is 1. The molecule has 0 spiro atoms. The van der Waals surface area contributed by atoms with E-state index in [-0.39, 0.29) is 5.56 Å². The lowest BCUT2D eigenvalue weighted by molar-refractivity contribution is -0.141. The number of hydrogen-bond donors (Lipinski definition) is 1. The average molecular weight is 300 g/mol. The Morgan fingerprint density at radius 1 is 1.68 bits per heavy atom. The summed E-state index contributed by atoms with van der Waals surface area (Å²) in [6.07, 6.45) is 0. The lowest BCUT2D eigenvalue weighted by Crippen LogP contribution is -2.33. The molecule has 1 unspecified atom stereocenters. The van der Waals surface area contributed by atoms with Crippen LogP contribution in [0.2, 0.25) is 0 Å². The number of methoxy groups -OCH3 is 1. The van der Waals surface area contributed by atoms with Crippen LogP contribution in [0, 0.1) is 0 Å². The molecule has 2 aromatic rings. The summed E-state index contributed by atoms with van der Waals surface area (Å²) >= 11 is 2.72.